The van der Waals surface area contributed by atoms with Gasteiger partial charge < -0.3 is 20.4 Å². The molecule has 6 heteroatoms. The first-order valence-corrected chi connectivity index (χ1v) is 5.85. The lowest BCUT2D eigenvalue weighted by Gasteiger charge is -2.23. The highest BCUT2D eigenvalue weighted by molar-refractivity contribution is 5.95. The molecule has 0 spiro atoms. The van der Waals surface area contributed by atoms with Gasteiger partial charge in [-0.15, -0.1) is 0 Å². The topological polar surface area (TPSA) is 89.9 Å². The number of anilines is 1. The number of carbonyl (C=O) groups excluding carboxylic acids is 1. The molecule has 1 aliphatic heterocycles. The van der Waals surface area contributed by atoms with Gasteiger partial charge in [0.25, 0.3) is 0 Å². The van der Waals surface area contributed by atoms with Crippen molar-refractivity contribution < 1.29 is 19.8 Å². The molecule has 6 nitrogen and oxygen atoms in total. The van der Waals surface area contributed by atoms with Crippen LogP contribution in [0.1, 0.15) is 16.8 Å². The number of phenols is 1. The van der Waals surface area contributed by atoms with Crippen LogP contribution >= 0.6 is 0 Å². The zero-order valence-corrected chi connectivity index (χ0v) is 10.2. The van der Waals surface area contributed by atoms with Crippen molar-refractivity contribution in [1.82, 2.24) is 4.90 Å². The van der Waals surface area contributed by atoms with Crippen LogP contribution < -0.4 is 5.32 Å². The van der Waals surface area contributed by atoms with Gasteiger partial charge in [-0.3, -0.25) is 0 Å². The second-order valence-electron chi connectivity index (χ2n) is 4.17. The molecule has 1 aromatic carbocycles. The zero-order valence-electron chi connectivity index (χ0n) is 10.2. The van der Waals surface area contributed by atoms with Crippen molar-refractivity contribution in [2.24, 2.45) is 0 Å². The Hall–Kier alpha value is -2.50. The summed E-state index contributed by atoms with van der Waals surface area (Å²) in [7, 11) is 0. The van der Waals surface area contributed by atoms with E-state index in [1.54, 1.807) is 4.90 Å². The van der Waals surface area contributed by atoms with Crippen LogP contribution in [0, 0.1) is 0 Å². The predicted octanol–water partition coefficient (Wildman–Crippen LogP) is 1.88. The second-order valence-corrected chi connectivity index (χ2v) is 4.17. The summed E-state index contributed by atoms with van der Waals surface area (Å²) in [6, 6.07) is 3.65. The number of hydrogen-bond donors (Lipinski definition) is 3. The van der Waals surface area contributed by atoms with Crippen molar-refractivity contribution in [3.05, 3.63) is 35.9 Å². The molecule has 0 saturated carbocycles. The van der Waals surface area contributed by atoms with Crippen LogP contribution in [0.3, 0.4) is 0 Å². The van der Waals surface area contributed by atoms with Gasteiger partial charge in [-0.25, -0.2) is 9.59 Å². The lowest BCUT2D eigenvalue weighted by atomic mass is 10.2. The Bertz CT molecular complexity index is 539. The minimum absolute atomic E-state index is 0.240. The number of carbonyl (C=O) groups is 2. The molecule has 100 valence electrons. The number of rotatable bonds is 2. The number of nitrogens with one attached hydrogen (secondary N) is 1. The number of aromatic hydroxyl groups is 1. The molecule has 0 fully saturated rings. The summed E-state index contributed by atoms with van der Waals surface area (Å²) < 4.78 is 0. The van der Waals surface area contributed by atoms with E-state index in [2.05, 4.69) is 5.32 Å². The number of nitrogens with zero attached hydrogens (tertiary/aromatic N) is 1. The standard InChI is InChI=1S/C13H14N2O4/c16-11-5-4-9(8-10(11)12(17)18)14-13(19)15-6-2-1-3-7-15/h1-2,4-5,8,16H,3,6-7H2,(H,14,19)(H,17,18). The van der Waals surface area contributed by atoms with E-state index in [1.165, 1.54) is 18.2 Å². The summed E-state index contributed by atoms with van der Waals surface area (Å²) in [6.45, 7) is 1.17. The third kappa shape index (κ3) is 3.04. The van der Waals surface area contributed by atoms with E-state index in [1.807, 2.05) is 12.2 Å². The van der Waals surface area contributed by atoms with Crippen LogP contribution in [0.5, 0.6) is 5.75 Å². The lowest BCUT2D eigenvalue weighted by molar-refractivity contribution is 0.0693. The molecule has 0 atom stereocenters. The van der Waals surface area contributed by atoms with E-state index in [0.717, 1.165) is 6.42 Å². The number of carboxylic acids is 1. The summed E-state index contributed by atoms with van der Waals surface area (Å²) in [5.74, 6) is -1.57. The van der Waals surface area contributed by atoms with Gasteiger partial charge in [0.15, 0.2) is 0 Å². The van der Waals surface area contributed by atoms with Gasteiger partial charge in [-0.2, -0.15) is 0 Å². The first-order chi connectivity index (χ1) is 9.08. The monoisotopic (exact) mass is 262 g/mol. The van der Waals surface area contributed by atoms with Gasteiger partial charge in [0.1, 0.15) is 11.3 Å². The summed E-state index contributed by atoms with van der Waals surface area (Å²) in [5.41, 5.74) is 0.103. The van der Waals surface area contributed by atoms with Crippen LogP contribution in [-0.2, 0) is 0 Å². The van der Waals surface area contributed by atoms with Crippen LogP contribution in [0.25, 0.3) is 0 Å². The van der Waals surface area contributed by atoms with E-state index in [0.29, 0.717) is 18.8 Å². The molecule has 0 radical (unpaired) electrons. The van der Waals surface area contributed by atoms with Gasteiger partial charge in [0, 0.05) is 18.8 Å². The van der Waals surface area contributed by atoms with Crippen LogP contribution in [0.15, 0.2) is 30.4 Å². The molecule has 1 aliphatic rings. The maximum absolute atomic E-state index is 11.9. The number of hydrogen-bond acceptors (Lipinski definition) is 3. The van der Waals surface area contributed by atoms with Crippen molar-refractivity contribution in [3.63, 3.8) is 0 Å². The fourth-order valence-electron chi connectivity index (χ4n) is 1.81. The van der Waals surface area contributed by atoms with Crippen LogP contribution in [0.4, 0.5) is 10.5 Å². The van der Waals surface area contributed by atoms with Gasteiger partial charge in [-0.1, -0.05) is 12.2 Å². The van der Waals surface area contributed by atoms with Gasteiger partial charge in [0.2, 0.25) is 0 Å². The Morgan fingerprint density at radius 3 is 2.68 bits per heavy atom. The van der Waals surface area contributed by atoms with Crippen molar-refractivity contribution in [2.45, 2.75) is 6.42 Å². The second kappa shape index (κ2) is 5.43. The highest BCUT2D eigenvalue weighted by Gasteiger charge is 2.15. The van der Waals surface area contributed by atoms with E-state index in [4.69, 9.17) is 5.11 Å². The maximum atomic E-state index is 11.9. The lowest BCUT2D eigenvalue weighted by Crippen LogP contribution is -2.37. The summed E-state index contributed by atoms with van der Waals surface area (Å²) in [4.78, 5) is 24.4. The molecule has 2 amide bonds. The molecule has 19 heavy (non-hydrogen) atoms. The molecule has 1 aromatic rings. The number of amides is 2. The Kier molecular flexibility index (Phi) is 3.70. The number of benzene rings is 1. The average Bonchev–Trinajstić information content (AvgIpc) is 2.41. The van der Waals surface area contributed by atoms with Crippen molar-refractivity contribution >= 4 is 17.7 Å². The fraction of sp³-hybridized carbons (Fsp3) is 0.231. The SMILES string of the molecule is O=C(O)c1cc(NC(=O)N2CC=CCC2)ccc1O. The van der Waals surface area contributed by atoms with E-state index in [-0.39, 0.29) is 17.3 Å². The largest absolute Gasteiger partial charge is 0.507 e. The van der Waals surface area contributed by atoms with Crippen molar-refractivity contribution in [3.8, 4) is 5.75 Å². The fourth-order valence-corrected chi connectivity index (χ4v) is 1.81. The normalized spacial score (nSPS) is 14.2. The Morgan fingerprint density at radius 1 is 1.26 bits per heavy atom. The quantitative estimate of drug-likeness (QED) is 0.560. The molecular formula is C13H14N2O4. The highest BCUT2D eigenvalue weighted by atomic mass is 16.4. The third-order valence-corrected chi connectivity index (χ3v) is 2.82. The van der Waals surface area contributed by atoms with Gasteiger partial charge in [-0.05, 0) is 24.6 Å². The van der Waals surface area contributed by atoms with Crippen molar-refractivity contribution in [2.75, 3.05) is 18.4 Å². The number of aromatic carboxylic acids is 1. The molecule has 0 unspecified atom stereocenters. The van der Waals surface area contributed by atoms with E-state index < -0.39 is 5.97 Å². The smallest absolute Gasteiger partial charge is 0.339 e. The van der Waals surface area contributed by atoms with E-state index in [9.17, 15) is 14.7 Å². The molecule has 0 aromatic heterocycles. The van der Waals surface area contributed by atoms with Gasteiger partial charge >= 0.3 is 12.0 Å². The highest BCUT2D eigenvalue weighted by Crippen LogP contribution is 2.21. The molecule has 0 saturated heterocycles. The third-order valence-electron chi connectivity index (χ3n) is 2.82. The molecule has 0 aliphatic carbocycles. The zero-order chi connectivity index (χ0) is 13.8. The molecular weight excluding hydrogens is 248 g/mol. The minimum atomic E-state index is -1.24. The summed E-state index contributed by atoms with van der Waals surface area (Å²) >= 11 is 0. The number of carboxylic acid groups (broad SMARTS) is 1. The maximum Gasteiger partial charge on any atom is 0.339 e. The molecule has 3 N–H and O–H groups in total. The summed E-state index contributed by atoms with van der Waals surface area (Å²) in [6.07, 6.45) is 4.72. The van der Waals surface area contributed by atoms with Crippen LogP contribution in [-0.4, -0.2) is 40.2 Å². The minimum Gasteiger partial charge on any atom is -0.507 e. The molecule has 2 rings (SSSR count). The number of urea groups is 1. The summed E-state index contributed by atoms with van der Waals surface area (Å²) in [5, 5.41) is 20.9. The first-order valence-electron chi connectivity index (χ1n) is 5.85. The molecule has 0 bridgehead atoms. The van der Waals surface area contributed by atoms with Crippen LogP contribution in [0.2, 0.25) is 0 Å². The Morgan fingerprint density at radius 2 is 2.05 bits per heavy atom. The predicted molar refractivity (Wildman–Crippen MR) is 69.4 cm³/mol. The Labute approximate surface area is 110 Å². The van der Waals surface area contributed by atoms with Gasteiger partial charge in [0.05, 0.1) is 0 Å². The van der Waals surface area contributed by atoms with Crippen molar-refractivity contribution in [1.29, 1.82) is 0 Å². The molecule has 1 heterocycles. The average molecular weight is 262 g/mol. The first kappa shape index (κ1) is 12.9. The Balaban J connectivity index is 2.10. The van der Waals surface area contributed by atoms with E-state index >= 15 is 0 Å².